The molecular weight excluding hydrogens is 358 g/mol. The number of amides is 1. The molecule has 0 aliphatic carbocycles. The molecule has 4 nitrogen and oxygen atoms in total. The Hall–Kier alpha value is -2.40. The van der Waals surface area contributed by atoms with Crippen molar-refractivity contribution in [3.8, 4) is 0 Å². The lowest BCUT2D eigenvalue weighted by Crippen LogP contribution is -2.20. The molecule has 1 N–H and O–H groups in total. The third-order valence-corrected chi connectivity index (χ3v) is 3.91. The molecule has 3 aromatic rings. The van der Waals surface area contributed by atoms with Gasteiger partial charge in [-0.25, -0.2) is 4.79 Å². The van der Waals surface area contributed by atoms with Gasteiger partial charge in [-0.2, -0.15) is 0 Å². The Morgan fingerprint density at radius 1 is 1.04 bits per heavy atom. The van der Waals surface area contributed by atoms with Gasteiger partial charge in [0, 0.05) is 15.5 Å². The molecule has 1 amide bonds. The molecule has 0 fully saturated rings. The van der Waals surface area contributed by atoms with E-state index < -0.39 is 11.5 Å². The summed E-state index contributed by atoms with van der Waals surface area (Å²) in [6, 6.07) is 12.5. The maximum absolute atomic E-state index is 12.4. The van der Waals surface area contributed by atoms with Crippen LogP contribution >= 0.6 is 15.9 Å². The fraction of sp³-hybridized carbons (Fsp3) is 0.111. The highest BCUT2D eigenvalue weighted by atomic mass is 79.9. The Morgan fingerprint density at radius 3 is 2.43 bits per heavy atom. The molecule has 23 heavy (non-hydrogen) atoms. The first-order chi connectivity index (χ1) is 10.9. The van der Waals surface area contributed by atoms with Crippen molar-refractivity contribution in [3.05, 3.63) is 74.0 Å². The summed E-state index contributed by atoms with van der Waals surface area (Å²) in [5.41, 5.74) is 2.50. The predicted molar refractivity (Wildman–Crippen MR) is 94.1 cm³/mol. The van der Waals surface area contributed by atoms with Gasteiger partial charge in [0.1, 0.15) is 11.1 Å². The highest BCUT2D eigenvalue weighted by molar-refractivity contribution is 9.10. The van der Waals surface area contributed by atoms with Gasteiger partial charge >= 0.3 is 5.63 Å². The van der Waals surface area contributed by atoms with E-state index in [2.05, 4.69) is 21.2 Å². The zero-order valence-electron chi connectivity index (χ0n) is 12.6. The van der Waals surface area contributed by atoms with E-state index in [9.17, 15) is 9.59 Å². The van der Waals surface area contributed by atoms with Crippen LogP contribution in [0.5, 0.6) is 0 Å². The SMILES string of the molecule is Cc1cc(C)cc(NC(=O)c2cc3cc(Br)ccc3oc2=O)c1. The van der Waals surface area contributed by atoms with Gasteiger partial charge in [-0.05, 0) is 61.4 Å². The monoisotopic (exact) mass is 371 g/mol. The molecule has 1 aromatic heterocycles. The summed E-state index contributed by atoms with van der Waals surface area (Å²) < 4.78 is 6.06. The summed E-state index contributed by atoms with van der Waals surface area (Å²) in [7, 11) is 0. The minimum absolute atomic E-state index is 0.0187. The Morgan fingerprint density at radius 2 is 1.74 bits per heavy atom. The van der Waals surface area contributed by atoms with Crippen LogP contribution in [0.15, 0.2) is 56.1 Å². The molecule has 0 aliphatic heterocycles. The van der Waals surface area contributed by atoms with Gasteiger partial charge in [-0.15, -0.1) is 0 Å². The maximum Gasteiger partial charge on any atom is 0.349 e. The van der Waals surface area contributed by atoms with Crippen LogP contribution in [-0.2, 0) is 0 Å². The third kappa shape index (κ3) is 3.35. The number of rotatable bonds is 2. The molecule has 2 aromatic carbocycles. The molecule has 0 spiro atoms. The van der Waals surface area contributed by atoms with Crippen molar-refractivity contribution in [2.24, 2.45) is 0 Å². The number of halogens is 1. The van der Waals surface area contributed by atoms with Gasteiger partial charge in [0.05, 0.1) is 0 Å². The zero-order chi connectivity index (χ0) is 16.6. The normalized spacial score (nSPS) is 10.7. The molecule has 0 radical (unpaired) electrons. The number of fused-ring (bicyclic) bond motifs is 1. The fourth-order valence-corrected chi connectivity index (χ4v) is 2.88. The standard InChI is InChI=1S/C18H14BrNO3/c1-10-5-11(2)7-14(6-10)20-17(21)15-9-12-8-13(19)3-4-16(12)23-18(15)22/h3-9H,1-2H3,(H,20,21). The van der Waals surface area contributed by atoms with Crippen molar-refractivity contribution in [3.63, 3.8) is 0 Å². The summed E-state index contributed by atoms with van der Waals surface area (Å²) in [6.07, 6.45) is 0. The van der Waals surface area contributed by atoms with Crippen LogP contribution in [0.3, 0.4) is 0 Å². The number of aryl methyl sites for hydroxylation is 2. The van der Waals surface area contributed by atoms with E-state index in [4.69, 9.17) is 4.42 Å². The van der Waals surface area contributed by atoms with Crippen molar-refractivity contribution in [1.82, 2.24) is 0 Å². The number of nitrogens with one attached hydrogen (secondary N) is 1. The first kappa shape index (κ1) is 15.5. The van der Waals surface area contributed by atoms with Gasteiger partial charge in [0.25, 0.3) is 5.91 Å². The van der Waals surface area contributed by atoms with Crippen LogP contribution in [0.25, 0.3) is 11.0 Å². The molecule has 0 unspecified atom stereocenters. The molecule has 1 heterocycles. The lowest BCUT2D eigenvalue weighted by atomic mass is 10.1. The van der Waals surface area contributed by atoms with Gasteiger partial charge in [-0.1, -0.05) is 22.0 Å². The van der Waals surface area contributed by atoms with Gasteiger partial charge in [0.15, 0.2) is 0 Å². The highest BCUT2D eigenvalue weighted by Gasteiger charge is 2.14. The summed E-state index contributed by atoms with van der Waals surface area (Å²) in [6.45, 7) is 3.90. The summed E-state index contributed by atoms with van der Waals surface area (Å²) in [5, 5.41) is 3.43. The molecule has 0 atom stereocenters. The lowest BCUT2D eigenvalue weighted by molar-refractivity contribution is 0.102. The fourth-order valence-electron chi connectivity index (χ4n) is 2.50. The van der Waals surface area contributed by atoms with Crippen LogP contribution in [0, 0.1) is 13.8 Å². The number of benzene rings is 2. The molecule has 5 heteroatoms. The van der Waals surface area contributed by atoms with Crippen LogP contribution in [0.2, 0.25) is 0 Å². The molecule has 0 bridgehead atoms. The molecular formula is C18H14BrNO3. The second kappa shape index (κ2) is 6.01. The first-order valence-electron chi connectivity index (χ1n) is 7.05. The third-order valence-electron chi connectivity index (χ3n) is 3.42. The molecule has 0 saturated carbocycles. The number of hydrogen-bond acceptors (Lipinski definition) is 3. The smallest absolute Gasteiger partial charge is 0.349 e. The van der Waals surface area contributed by atoms with Crippen LogP contribution in [0.4, 0.5) is 5.69 Å². The minimum Gasteiger partial charge on any atom is -0.422 e. The summed E-state index contributed by atoms with van der Waals surface area (Å²) in [5.74, 6) is -0.481. The van der Waals surface area contributed by atoms with Crippen molar-refractivity contribution < 1.29 is 9.21 Å². The van der Waals surface area contributed by atoms with Crippen LogP contribution in [0.1, 0.15) is 21.5 Å². The largest absolute Gasteiger partial charge is 0.422 e. The van der Waals surface area contributed by atoms with E-state index in [-0.39, 0.29) is 5.56 Å². The van der Waals surface area contributed by atoms with Gasteiger partial charge in [0.2, 0.25) is 0 Å². The lowest BCUT2D eigenvalue weighted by Gasteiger charge is -2.07. The predicted octanol–water partition coefficient (Wildman–Crippen LogP) is 4.42. The maximum atomic E-state index is 12.4. The summed E-state index contributed by atoms with van der Waals surface area (Å²) >= 11 is 3.36. The Kier molecular flexibility index (Phi) is 4.05. The second-order valence-corrected chi connectivity index (χ2v) is 6.38. The molecule has 116 valence electrons. The van der Waals surface area contributed by atoms with Gasteiger partial charge in [-0.3, -0.25) is 4.79 Å². The first-order valence-corrected chi connectivity index (χ1v) is 7.85. The van der Waals surface area contributed by atoms with E-state index in [0.717, 1.165) is 15.6 Å². The topological polar surface area (TPSA) is 59.3 Å². The Labute approximate surface area is 141 Å². The Bertz CT molecular complexity index is 955. The van der Waals surface area contributed by atoms with Crippen molar-refractivity contribution in [1.29, 1.82) is 0 Å². The van der Waals surface area contributed by atoms with Crippen molar-refractivity contribution in [2.45, 2.75) is 13.8 Å². The van der Waals surface area contributed by atoms with E-state index >= 15 is 0 Å². The quantitative estimate of drug-likeness (QED) is 0.678. The average Bonchev–Trinajstić information content (AvgIpc) is 2.45. The van der Waals surface area contributed by atoms with E-state index in [1.165, 1.54) is 0 Å². The molecule has 0 aliphatic rings. The minimum atomic E-state index is -0.651. The average molecular weight is 372 g/mol. The number of hydrogen-bond donors (Lipinski definition) is 1. The van der Waals surface area contributed by atoms with Crippen molar-refractivity contribution >= 4 is 38.5 Å². The molecule has 0 saturated heterocycles. The second-order valence-electron chi connectivity index (χ2n) is 5.46. The van der Waals surface area contributed by atoms with E-state index in [1.807, 2.05) is 32.0 Å². The summed E-state index contributed by atoms with van der Waals surface area (Å²) in [4.78, 5) is 24.4. The Balaban J connectivity index is 2.00. The van der Waals surface area contributed by atoms with Crippen LogP contribution < -0.4 is 10.9 Å². The van der Waals surface area contributed by atoms with E-state index in [1.54, 1.807) is 24.3 Å². The molecule has 3 rings (SSSR count). The van der Waals surface area contributed by atoms with Gasteiger partial charge < -0.3 is 9.73 Å². The zero-order valence-corrected chi connectivity index (χ0v) is 14.2. The highest BCUT2D eigenvalue weighted by Crippen LogP contribution is 2.20. The van der Waals surface area contributed by atoms with Crippen molar-refractivity contribution in [2.75, 3.05) is 5.32 Å². The van der Waals surface area contributed by atoms with Crippen LogP contribution in [-0.4, -0.2) is 5.91 Å². The van der Waals surface area contributed by atoms with E-state index in [0.29, 0.717) is 16.7 Å². The number of carbonyl (C=O) groups is 1. The number of anilines is 1. The number of carbonyl (C=O) groups excluding carboxylic acids is 1.